The average molecular weight is 394 g/mol. The highest BCUT2D eigenvalue weighted by Crippen LogP contribution is 2.63. The van der Waals surface area contributed by atoms with Crippen LogP contribution in [0, 0.1) is 22.7 Å². The number of carbonyl (C=O) groups excluding carboxylic acids is 1. The van der Waals surface area contributed by atoms with Crippen LogP contribution in [0.4, 0.5) is 4.39 Å². The van der Waals surface area contributed by atoms with E-state index in [9.17, 15) is 14.3 Å². The van der Waals surface area contributed by atoms with Gasteiger partial charge in [-0.15, -0.1) is 0 Å². The lowest BCUT2D eigenvalue weighted by Crippen LogP contribution is -2.62. The van der Waals surface area contributed by atoms with Crippen molar-refractivity contribution in [3.8, 4) is 0 Å². The predicted octanol–water partition coefficient (Wildman–Crippen LogP) is 3.67. The first-order valence-corrected chi connectivity index (χ1v) is 10.3. The van der Waals surface area contributed by atoms with Gasteiger partial charge in [0, 0.05) is 12.3 Å². The quantitative estimate of drug-likeness (QED) is 0.440. The number of esters is 1. The van der Waals surface area contributed by atoms with Crippen LogP contribution in [0.5, 0.6) is 0 Å². The van der Waals surface area contributed by atoms with Crippen LogP contribution in [0.15, 0.2) is 23.8 Å². The molecular formula is C22H31FO5. The van der Waals surface area contributed by atoms with E-state index in [-0.39, 0.29) is 29.5 Å². The fourth-order valence-electron chi connectivity index (χ4n) is 6.29. The first-order chi connectivity index (χ1) is 13.1. The summed E-state index contributed by atoms with van der Waals surface area (Å²) in [5, 5.41) is 9.99. The zero-order valence-electron chi connectivity index (χ0n) is 17.0. The number of fused-ring (bicyclic) bond motifs is 3. The van der Waals surface area contributed by atoms with E-state index in [1.54, 1.807) is 0 Å². The van der Waals surface area contributed by atoms with Crippen LogP contribution in [-0.4, -0.2) is 42.5 Å². The Balaban J connectivity index is 1.61. The highest BCUT2D eigenvalue weighted by molar-refractivity contribution is 5.91. The lowest BCUT2D eigenvalue weighted by atomic mass is 9.46. The minimum Gasteiger partial charge on any atom is -0.459 e. The zero-order chi connectivity index (χ0) is 20.3. The van der Waals surface area contributed by atoms with Crippen LogP contribution in [0.25, 0.3) is 0 Å². The molecule has 1 N–H and O–H groups in total. The molecule has 2 saturated heterocycles. The van der Waals surface area contributed by atoms with Gasteiger partial charge in [0.15, 0.2) is 0 Å². The van der Waals surface area contributed by atoms with E-state index in [1.807, 2.05) is 6.08 Å². The Morgan fingerprint density at radius 2 is 2.04 bits per heavy atom. The summed E-state index contributed by atoms with van der Waals surface area (Å²) in [7, 11) is 0. The standard InChI is InChI=1S/C22H31FO5/c1-13-5-8-17-20(2,15(13)7-6-14-16(24)11-26-19(14)25)10-9-18-21(17,3)12-27-22(4,23)28-18/h6,15-18,24H,1,5,7-12H2,2-4H3/b14-6+/t15-,16+,17?,18+,20+,21-,22-/m0/s1. The Bertz CT molecular complexity index is 716. The van der Waals surface area contributed by atoms with E-state index in [0.717, 1.165) is 25.7 Å². The number of hydrogen-bond donors (Lipinski definition) is 1. The highest BCUT2D eigenvalue weighted by atomic mass is 19.2. The molecule has 2 aliphatic heterocycles. The van der Waals surface area contributed by atoms with Gasteiger partial charge in [0.25, 0.3) is 0 Å². The van der Waals surface area contributed by atoms with E-state index in [0.29, 0.717) is 24.5 Å². The maximum Gasteiger partial charge on any atom is 0.336 e. The molecule has 4 aliphatic rings. The number of cyclic esters (lactones) is 1. The summed E-state index contributed by atoms with van der Waals surface area (Å²) < 4.78 is 30.4. The van der Waals surface area contributed by atoms with Crippen LogP contribution in [0.2, 0.25) is 0 Å². The first-order valence-electron chi connectivity index (χ1n) is 10.3. The van der Waals surface area contributed by atoms with Gasteiger partial charge in [0.1, 0.15) is 12.7 Å². The predicted molar refractivity (Wildman–Crippen MR) is 101 cm³/mol. The lowest BCUT2D eigenvalue weighted by Gasteiger charge is -2.62. The highest BCUT2D eigenvalue weighted by Gasteiger charge is 2.61. The van der Waals surface area contributed by atoms with Gasteiger partial charge in [0.05, 0.1) is 18.3 Å². The molecular weight excluding hydrogens is 363 g/mol. The Morgan fingerprint density at radius 3 is 2.71 bits per heavy atom. The molecule has 0 aromatic heterocycles. The van der Waals surface area contributed by atoms with Crippen molar-refractivity contribution in [2.45, 2.75) is 71.1 Å². The molecule has 5 nitrogen and oxygen atoms in total. The number of alkyl halides is 1. The third kappa shape index (κ3) is 3.04. The van der Waals surface area contributed by atoms with Gasteiger partial charge in [-0.25, -0.2) is 4.79 Å². The van der Waals surface area contributed by atoms with Crippen molar-refractivity contribution in [1.29, 1.82) is 0 Å². The Kier molecular flexibility index (Phi) is 4.76. The number of ether oxygens (including phenoxy) is 3. The molecule has 2 saturated carbocycles. The topological polar surface area (TPSA) is 65.0 Å². The summed E-state index contributed by atoms with van der Waals surface area (Å²) in [5.74, 6) is 0.0719. The maximum absolute atomic E-state index is 14.3. The van der Waals surface area contributed by atoms with Gasteiger partial charge in [-0.1, -0.05) is 32.1 Å². The monoisotopic (exact) mass is 394 g/mol. The largest absolute Gasteiger partial charge is 0.459 e. The molecule has 0 radical (unpaired) electrons. The van der Waals surface area contributed by atoms with E-state index in [2.05, 4.69) is 20.4 Å². The number of aliphatic hydroxyl groups is 1. The van der Waals surface area contributed by atoms with Crippen molar-refractivity contribution in [2.75, 3.05) is 13.2 Å². The molecule has 2 heterocycles. The number of halogens is 1. The molecule has 0 spiro atoms. The zero-order valence-corrected chi connectivity index (χ0v) is 17.0. The molecule has 0 bridgehead atoms. The van der Waals surface area contributed by atoms with Gasteiger partial charge < -0.3 is 19.3 Å². The van der Waals surface area contributed by atoms with Crippen molar-refractivity contribution in [2.24, 2.45) is 22.7 Å². The minimum absolute atomic E-state index is 0.0343. The minimum atomic E-state index is -2.01. The van der Waals surface area contributed by atoms with Gasteiger partial charge in [-0.05, 0) is 49.4 Å². The molecule has 0 aromatic carbocycles. The van der Waals surface area contributed by atoms with Crippen molar-refractivity contribution in [3.63, 3.8) is 0 Å². The van der Waals surface area contributed by atoms with Crippen molar-refractivity contribution >= 4 is 5.97 Å². The molecule has 156 valence electrons. The van der Waals surface area contributed by atoms with Crippen LogP contribution >= 0.6 is 0 Å². The van der Waals surface area contributed by atoms with Crippen LogP contribution in [-0.2, 0) is 19.0 Å². The number of carbonyl (C=O) groups is 1. The van der Waals surface area contributed by atoms with Gasteiger partial charge in [0.2, 0.25) is 0 Å². The molecule has 4 fully saturated rings. The lowest BCUT2D eigenvalue weighted by molar-refractivity contribution is -0.400. The summed E-state index contributed by atoms with van der Waals surface area (Å²) in [4.78, 5) is 11.9. The molecule has 7 atom stereocenters. The van der Waals surface area contributed by atoms with E-state index >= 15 is 0 Å². The SMILES string of the molecule is C=C1CCC2[C@]3(C)CO[C@](C)(F)O[C@@H]3CC[C@]2(C)[C@H]1C/C=C1/C(=O)OC[C@H]1O. The van der Waals surface area contributed by atoms with Crippen LogP contribution in [0.1, 0.15) is 52.9 Å². The maximum atomic E-state index is 14.3. The summed E-state index contributed by atoms with van der Waals surface area (Å²) in [6.07, 6.45) is 5.05. The summed E-state index contributed by atoms with van der Waals surface area (Å²) in [5.41, 5.74) is 1.25. The number of hydrogen-bond acceptors (Lipinski definition) is 5. The van der Waals surface area contributed by atoms with Gasteiger partial charge in [-0.2, -0.15) is 4.39 Å². The van der Waals surface area contributed by atoms with E-state index < -0.39 is 18.1 Å². The second kappa shape index (κ2) is 6.64. The van der Waals surface area contributed by atoms with Crippen LogP contribution in [0.3, 0.4) is 0 Å². The second-order valence-electron chi connectivity index (χ2n) is 9.59. The number of allylic oxidation sites excluding steroid dienone is 2. The molecule has 0 aromatic rings. The van der Waals surface area contributed by atoms with Gasteiger partial charge >= 0.3 is 12.0 Å². The van der Waals surface area contributed by atoms with Gasteiger partial charge in [-0.3, -0.25) is 0 Å². The van der Waals surface area contributed by atoms with E-state index in [1.165, 1.54) is 12.5 Å². The fourth-order valence-corrected chi connectivity index (χ4v) is 6.29. The van der Waals surface area contributed by atoms with Crippen molar-refractivity contribution in [3.05, 3.63) is 23.8 Å². The van der Waals surface area contributed by atoms with Crippen LogP contribution < -0.4 is 0 Å². The summed E-state index contributed by atoms with van der Waals surface area (Å²) in [6.45, 7) is 10.5. The molecule has 28 heavy (non-hydrogen) atoms. The third-order valence-electron chi connectivity index (χ3n) is 7.85. The first kappa shape index (κ1) is 20.0. The molecule has 1 unspecified atom stereocenters. The Hall–Kier alpha value is -1.24. The molecule has 2 aliphatic carbocycles. The molecule has 4 rings (SSSR count). The normalized spacial score (nSPS) is 50.2. The second-order valence-corrected chi connectivity index (χ2v) is 9.59. The third-order valence-corrected chi connectivity index (χ3v) is 7.85. The smallest absolute Gasteiger partial charge is 0.336 e. The Labute approximate surface area is 165 Å². The van der Waals surface area contributed by atoms with Crippen molar-refractivity contribution < 1.29 is 28.5 Å². The molecule has 0 amide bonds. The average Bonchev–Trinajstić information content (AvgIpc) is 2.93. The van der Waals surface area contributed by atoms with Crippen molar-refractivity contribution in [1.82, 2.24) is 0 Å². The molecule has 6 heteroatoms. The number of rotatable bonds is 2. The Morgan fingerprint density at radius 1 is 1.29 bits per heavy atom. The fraction of sp³-hybridized carbons (Fsp3) is 0.773. The van der Waals surface area contributed by atoms with E-state index in [4.69, 9.17) is 14.2 Å². The summed E-state index contributed by atoms with van der Waals surface area (Å²) in [6, 6.07) is -2.01. The summed E-state index contributed by atoms with van der Waals surface area (Å²) >= 11 is 0. The number of aliphatic hydroxyl groups excluding tert-OH is 1.